The first kappa shape index (κ1) is 11.9. The molecule has 4 atom stereocenters. The van der Waals surface area contributed by atoms with Crippen LogP contribution in [0.1, 0.15) is 0 Å². The number of epoxide rings is 2. The molecular weight excluding hydrogens is 284 g/mol. The minimum Gasteiger partial charge on any atom is -0.362 e. The molecular formula is C14H11ClO3S. The van der Waals surface area contributed by atoms with E-state index >= 15 is 0 Å². The second kappa shape index (κ2) is 4.04. The van der Waals surface area contributed by atoms with E-state index < -0.39 is 5.79 Å². The number of aliphatic hydroxyl groups is 1. The van der Waals surface area contributed by atoms with E-state index in [0.29, 0.717) is 0 Å². The Kier molecular flexibility index (Phi) is 2.53. The lowest BCUT2D eigenvalue weighted by Crippen LogP contribution is -2.19. The normalized spacial score (nSPS) is 37.1. The molecule has 3 aliphatic rings. The largest absolute Gasteiger partial charge is 0.362 e. The van der Waals surface area contributed by atoms with Crippen molar-refractivity contribution < 1.29 is 14.6 Å². The molecule has 4 unspecified atom stereocenters. The Morgan fingerprint density at radius 3 is 3.05 bits per heavy atom. The summed E-state index contributed by atoms with van der Waals surface area (Å²) in [5, 5.41) is 13.4. The third kappa shape index (κ3) is 2.10. The standard InChI is InChI=1S/C8H5ClS.C6H6O3/c9-7-2-1-6-3-4-10-8(6)5-7;7-6-2-1-3-4(8-3)5(6)9-6/h1-5H;1-5,7H. The van der Waals surface area contributed by atoms with Gasteiger partial charge in [0.1, 0.15) is 18.3 Å². The van der Waals surface area contributed by atoms with E-state index in [2.05, 4.69) is 11.4 Å². The van der Waals surface area contributed by atoms with Crippen molar-refractivity contribution in [3.8, 4) is 0 Å². The van der Waals surface area contributed by atoms with Gasteiger partial charge in [-0.05, 0) is 35.0 Å². The third-order valence-electron chi connectivity index (χ3n) is 3.47. The average molecular weight is 295 g/mol. The summed E-state index contributed by atoms with van der Waals surface area (Å²) in [5.74, 6) is -0.947. The van der Waals surface area contributed by atoms with Crippen LogP contribution in [0.5, 0.6) is 0 Å². The molecule has 2 fully saturated rings. The predicted molar refractivity (Wildman–Crippen MR) is 74.5 cm³/mol. The Bertz CT molecular complexity index is 668. The number of rotatable bonds is 0. The molecule has 1 aliphatic carbocycles. The molecule has 0 saturated carbocycles. The van der Waals surface area contributed by atoms with Gasteiger partial charge in [-0.1, -0.05) is 23.7 Å². The van der Waals surface area contributed by atoms with Gasteiger partial charge in [0.15, 0.2) is 0 Å². The van der Waals surface area contributed by atoms with Crippen LogP contribution < -0.4 is 0 Å². The van der Waals surface area contributed by atoms with Gasteiger partial charge in [-0.25, -0.2) is 0 Å². The maximum Gasteiger partial charge on any atom is 0.215 e. The molecule has 2 aliphatic heterocycles. The highest BCUT2D eigenvalue weighted by molar-refractivity contribution is 7.17. The Morgan fingerprint density at radius 2 is 2.21 bits per heavy atom. The van der Waals surface area contributed by atoms with Crippen LogP contribution >= 0.6 is 22.9 Å². The molecule has 1 aromatic heterocycles. The maximum absolute atomic E-state index is 9.26. The van der Waals surface area contributed by atoms with E-state index in [9.17, 15) is 5.11 Å². The van der Waals surface area contributed by atoms with Crippen molar-refractivity contribution in [1.29, 1.82) is 0 Å². The van der Waals surface area contributed by atoms with Crippen LogP contribution in [0.3, 0.4) is 0 Å². The minimum atomic E-state index is -0.947. The molecule has 2 saturated heterocycles. The van der Waals surface area contributed by atoms with Crippen molar-refractivity contribution in [2.24, 2.45) is 0 Å². The van der Waals surface area contributed by atoms with Crippen molar-refractivity contribution in [3.63, 3.8) is 0 Å². The minimum absolute atomic E-state index is 0.0625. The number of halogens is 1. The van der Waals surface area contributed by atoms with Crippen LogP contribution in [0, 0.1) is 0 Å². The monoisotopic (exact) mass is 294 g/mol. The molecule has 1 aromatic carbocycles. The lowest BCUT2D eigenvalue weighted by molar-refractivity contribution is 0.0821. The molecule has 3 heterocycles. The Hall–Kier alpha value is -0.910. The fraction of sp³-hybridized carbons (Fsp3) is 0.286. The molecule has 0 spiro atoms. The number of hydrogen-bond donors (Lipinski definition) is 1. The predicted octanol–water partition coefficient (Wildman–Crippen LogP) is 2.97. The Balaban J connectivity index is 0.000000102. The smallest absolute Gasteiger partial charge is 0.215 e. The van der Waals surface area contributed by atoms with Crippen molar-refractivity contribution in [2.45, 2.75) is 24.1 Å². The van der Waals surface area contributed by atoms with Gasteiger partial charge in [-0.15, -0.1) is 11.3 Å². The zero-order valence-corrected chi connectivity index (χ0v) is 11.4. The highest BCUT2D eigenvalue weighted by atomic mass is 35.5. The molecule has 0 radical (unpaired) electrons. The van der Waals surface area contributed by atoms with Crippen molar-refractivity contribution >= 4 is 33.0 Å². The van der Waals surface area contributed by atoms with E-state index in [1.807, 2.05) is 24.3 Å². The number of ether oxygens (including phenoxy) is 2. The highest BCUT2D eigenvalue weighted by Crippen LogP contribution is 2.49. The van der Waals surface area contributed by atoms with E-state index in [0.717, 1.165) is 5.02 Å². The van der Waals surface area contributed by atoms with Gasteiger partial charge in [0.05, 0.1) is 0 Å². The topological polar surface area (TPSA) is 45.3 Å². The summed E-state index contributed by atoms with van der Waals surface area (Å²) in [5.41, 5.74) is 0. The van der Waals surface area contributed by atoms with Crippen LogP contribution in [0.15, 0.2) is 41.8 Å². The SMILES string of the molecule is Clc1ccc2ccsc2c1.OC12C=CC3OC3C1O2. The lowest BCUT2D eigenvalue weighted by atomic mass is 10.1. The van der Waals surface area contributed by atoms with Crippen LogP contribution in [-0.4, -0.2) is 29.2 Å². The van der Waals surface area contributed by atoms with Gasteiger partial charge < -0.3 is 14.6 Å². The number of benzene rings is 1. The van der Waals surface area contributed by atoms with Crippen LogP contribution in [0.25, 0.3) is 10.1 Å². The average Bonchev–Trinajstić information content (AvgIpc) is 3.24. The molecule has 0 bridgehead atoms. The molecule has 3 nitrogen and oxygen atoms in total. The van der Waals surface area contributed by atoms with Crippen molar-refractivity contribution in [3.05, 3.63) is 46.8 Å². The summed E-state index contributed by atoms with van der Waals surface area (Å²) >= 11 is 7.50. The molecule has 5 heteroatoms. The Labute approximate surface area is 119 Å². The van der Waals surface area contributed by atoms with Gasteiger partial charge >= 0.3 is 0 Å². The molecule has 0 amide bonds. The summed E-state index contributed by atoms with van der Waals surface area (Å²) in [7, 11) is 0. The van der Waals surface area contributed by atoms with Crippen LogP contribution in [0.4, 0.5) is 0 Å². The first-order chi connectivity index (χ1) is 9.16. The highest BCUT2D eigenvalue weighted by Gasteiger charge is 2.68. The van der Waals surface area contributed by atoms with Crippen molar-refractivity contribution in [1.82, 2.24) is 0 Å². The second-order valence-electron chi connectivity index (χ2n) is 4.82. The molecule has 5 rings (SSSR count). The summed E-state index contributed by atoms with van der Waals surface area (Å²) in [6.07, 6.45) is 3.85. The third-order valence-corrected chi connectivity index (χ3v) is 4.58. The second-order valence-corrected chi connectivity index (χ2v) is 6.20. The van der Waals surface area contributed by atoms with E-state index in [-0.39, 0.29) is 18.3 Å². The molecule has 1 N–H and O–H groups in total. The van der Waals surface area contributed by atoms with Crippen molar-refractivity contribution in [2.75, 3.05) is 0 Å². The van der Waals surface area contributed by atoms with Crippen LogP contribution in [-0.2, 0) is 9.47 Å². The van der Waals surface area contributed by atoms with Gasteiger partial charge in [0.25, 0.3) is 0 Å². The first-order valence-corrected chi connectivity index (χ1v) is 7.29. The van der Waals surface area contributed by atoms with Crippen LogP contribution in [0.2, 0.25) is 5.02 Å². The molecule has 2 aromatic rings. The summed E-state index contributed by atoms with van der Waals surface area (Å²) < 4.78 is 11.3. The maximum atomic E-state index is 9.26. The molecule has 98 valence electrons. The fourth-order valence-corrected chi connectivity index (χ4v) is 3.37. The summed E-state index contributed by atoms with van der Waals surface area (Å²) in [4.78, 5) is 0. The summed E-state index contributed by atoms with van der Waals surface area (Å²) in [6.45, 7) is 0. The number of fused-ring (bicyclic) bond motifs is 4. The zero-order chi connectivity index (χ0) is 13.0. The fourth-order valence-electron chi connectivity index (χ4n) is 2.30. The van der Waals surface area contributed by atoms with Gasteiger partial charge in [0, 0.05) is 9.72 Å². The summed E-state index contributed by atoms with van der Waals surface area (Å²) in [6, 6.07) is 8.03. The van der Waals surface area contributed by atoms with E-state index in [1.54, 1.807) is 17.4 Å². The first-order valence-electron chi connectivity index (χ1n) is 6.03. The Morgan fingerprint density at radius 1 is 1.32 bits per heavy atom. The van der Waals surface area contributed by atoms with E-state index in [1.165, 1.54) is 10.1 Å². The number of thiophene rings is 1. The van der Waals surface area contributed by atoms with E-state index in [4.69, 9.17) is 21.1 Å². The van der Waals surface area contributed by atoms with Gasteiger partial charge in [-0.2, -0.15) is 0 Å². The molecule has 19 heavy (non-hydrogen) atoms. The lowest BCUT2D eigenvalue weighted by Gasteiger charge is -1.97. The van der Waals surface area contributed by atoms with Gasteiger partial charge in [-0.3, -0.25) is 0 Å². The zero-order valence-electron chi connectivity index (χ0n) is 9.82. The van der Waals surface area contributed by atoms with Gasteiger partial charge in [0.2, 0.25) is 5.79 Å². The quantitative estimate of drug-likeness (QED) is 0.600. The number of hydrogen-bond acceptors (Lipinski definition) is 4.